The monoisotopic (exact) mass is 211 g/mol. The Bertz CT molecular complexity index is 241. The van der Waals surface area contributed by atoms with Gasteiger partial charge in [0.1, 0.15) is 0 Å². The van der Waals surface area contributed by atoms with Gasteiger partial charge >= 0.3 is 0 Å². The predicted molar refractivity (Wildman–Crippen MR) is 66.1 cm³/mol. The fourth-order valence-corrected chi connectivity index (χ4v) is 2.82. The van der Waals surface area contributed by atoms with Gasteiger partial charge in [0.05, 0.1) is 0 Å². The van der Waals surface area contributed by atoms with Crippen molar-refractivity contribution in [3.63, 3.8) is 0 Å². The minimum Gasteiger partial charge on any atom is -0.362 e. The van der Waals surface area contributed by atoms with Crippen LogP contribution in [-0.2, 0) is 0 Å². The molecule has 2 heteroatoms. The molecule has 1 heterocycles. The third kappa shape index (κ3) is 3.41. The lowest BCUT2D eigenvalue weighted by atomic mass is 10.1. The van der Waals surface area contributed by atoms with Crippen LogP contribution in [0.3, 0.4) is 0 Å². The molecule has 0 aromatic heterocycles. The van der Waals surface area contributed by atoms with Gasteiger partial charge < -0.3 is 5.32 Å². The van der Waals surface area contributed by atoms with Crippen LogP contribution >= 0.6 is 11.8 Å². The van der Waals surface area contributed by atoms with E-state index in [-0.39, 0.29) is 0 Å². The van der Waals surface area contributed by atoms with E-state index in [2.05, 4.69) is 32.7 Å². The van der Waals surface area contributed by atoms with Crippen molar-refractivity contribution in [3.8, 4) is 0 Å². The molecule has 1 aliphatic rings. The van der Waals surface area contributed by atoms with Crippen LogP contribution in [0.25, 0.3) is 0 Å². The van der Waals surface area contributed by atoms with E-state index < -0.39 is 0 Å². The van der Waals surface area contributed by atoms with E-state index in [0.717, 1.165) is 18.0 Å². The number of rotatable bonds is 5. The minimum absolute atomic E-state index is 0.752. The van der Waals surface area contributed by atoms with Gasteiger partial charge in [-0.3, -0.25) is 0 Å². The van der Waals surface area contributed by atoms with Gasteiger partial charge in [-0.2, -0.15) is 0 Å². The third-order valence-corrected chi connectivity index (χ3v) is 3.48. The molecular formula is C12H21NS. The number of nitrogens with one attached hydrogen (secondary N) is 1. The summed E-state index contributed by atoms with van der Waals surface area (Å²) in [5, 5.41) is 3.45. The van der Waals surface area contributed by atoms with E-state index in [1.54, 1.807) is 4.91 Å². The Hall–Kier alpha value is -0.370. The molecule has 1 aliphatic heterocycles. The molecule has 1 nitrogen and oxygen atoms in total. The van der Waals surface area contributed by atoms with Crippen LogP contribution < -0.4 is 5.32 Å². The number of thioether (sulfide) groups is 1. The van der Waals surface area contributed by atoms with Crippen molar-refractivity contribution in [2.45, 2.75) is 40.0 Å². The molecule has 0 atom stereocenters. The first-order chi connectivity index (χ1) is 6.63. The average molecular weight is 211 g/mol. The van der Waals surface area contributed by atoms with Crippen LogP contribution in [0, 0.1) is 5.92 Å². The van der Waals surface area contributed by atoms with Gasteiger partial charge in [0.15, 0.2) is 0 Å². The molecule has 0 aliphatic carbocycles. The predicted octanol–water partition coefficient (Wildman–Crippen LogP) is 3.89. The van der Waals surface area contributed by atoms with Gasteiger partial charge in [-0.15, -0.1) is 11.8 Å². The van der Waals surface area contributed by atoms with Gasteiger partial charge in [-0.05, 0) is 25.2 Å². The second-order valence-corrected chi connectivity index (χ2v) is 5.37. The summed E-state index contributed by atoms with van der Waals surface area (Å²) in [6.07, 6.45) is 3.42. The number of hydrogen-bond acceptors (Lipinski definition) is 2. The highest BCUT2D eigenvalue weighted by atomic mass is 32.2. The molecule has 0 saturated heterocycles. The zero-order valence-corrected chi connectivity index (χ0v) is 10.3. The first-order valence-corrected chi connectivity index (χ1v) is 6.41. The molecule has 1 rings (SSSR count). The molecule has 0 aromatic rings. The fourth-order valence-electron chi connectivity index (χ4n) is 1.49. The Labute approximate surface area is 92.0 Å². The van der Waals surface area contributed by atoms with Crippen molar-refractivity contribution < 1.29 is 0 Å². The summed E-state index contributed by atoms with van der Waals surface area (Å²) in [4.78, 5) is 1.55. The topological polar surface area (TPSA) is 12.0 Å². The van der Waals surface area contributed by atoms with Crippen molar-refractivity contribution in [2.24, 2.45) is 5.92 Å². The summed E-state index contributed by atoms with van der Waals surface area (Å²) >= 11 is 2.01. The summed E-state index contributed by atoms with van der Waals surface area (Å²) in [5.41, 5.74) is 2.57. The fraction of sp³-hybridized carbons (Fsp3) is 0.667. The quantitative estimate of drug-likeness (QED) is 0.740. The minimum atomic E-state index is 0.752. The van der Waals surface area contributed by atoms with Gasteiger partial charge in [-0.1, -0.05) is 27.4 Å². The maximum atomic E-state index is 4.00. The first kappa shape index (κ1) is 11.7. The van der Waals surface area contributed by atoms with Crippen LogP contribution in [0.2, 0.25) is 0 Å². The lowest BCUT2D eigenvalue weighted by Gasteiger charge is -2.12. The van der Waals surface area contributed by atoms with Gasteiger partial charge in [0, 0.05) is 22.1 Å². The molecule has 80 valence electrons. The van der Waals surface area contributed by atoms with Crippen molar-refractivity contribution in [3.05, 3.63) is 22.9 Å². The standard InChI is InChI=1S/C12H21NS/c1-5-10(4)13-11-6-7-14-12(11)8-9(2)3/h9,13H,4-8H2,1-3H3. The maximum absolute atomic E-state index is 4.00. The summed E-state index contributed by atoms with van der Waals surface area (Å²) in [6.45, 7) is 10.7. The molecule has 0 radical (unpaired) electrons. The Balaban J connectivity index is 2.58. The highest BCUT2D eigenvalue weighted by Gasteiger charge is 2.16. The summed E-state index contributed by atoms with van der Waals surface area (Å²) in [5.74, 6) is 1.99. The molecular weight excluding hydrogens is 190 g/mol. The molecule has 0 amide bonds. The average Bonchev–Trinajstić information content (AvgIpc) is 2.52. The van der Waals surface area contributed by atoms with Crippen LogP contribution in [-0.4, -0.2) is 5.75 Å². The third-order valence-electron chi connectivity index (χ3n) is 2.31. The van der Waals surface area contributed by atoms with Gasteiger partial charge in [0.2, 0.25) is 0 Å². The van der Waals surface area contributed by atoms with E-state index in [4.69, 9.17) is 0 Å². The summed E-state index contributed by atoms with van der Waals surface area (Å²) < 4.78 is 0. The van der Waals surface area contributed by atoms with Gasteiger partial charge in [0.25, 0.3) is 0 Å². The van der Waals surface area contributed by atoms with Gasteiger partial charge in [-0.25, -0.2) is 0 Å². The van der Waals surface area contributed by atoms with E-state index in [1.807, 2.05) is 11.8 Å². The molecule has 14 heavy (non-hydrogen) atoms. The van der Waals surface area contributed by atoms with E-state index >= 15 is 0 Å². The number of hydrogen-bond donors (Lipinski definition) is 1. The molecule has 0 aromatic carbocycles. The lowest BCUT2D eigenvalue weighted by molar-refractivity contribution is 0.651. The second kappa shape index (κ2) is 5.50. The summed E-state index contributed by atoms with van der Waals surface area (Å²) in [6, 6.07) is 0. The molecule has 0 spiro atoms. The Kier molecular flexibility index (Phi) is 4.59. The highest BCUT2D eigenvalue weighted by molar-refractivity contribution is 8.03. The number of allylic oxidation sites excluding steroid dienone is 3. The zero-order valence-electron chi connectivity index (χ0n) is 9.52. The molecule has 0 saturated carbocycles. The van der Waals surface area contributed by atoms with Crippen molar-refractivity contribution >= 4 is 11.8 Å². The second-order valence-electron chi connectivity index (χ2n) is 4.18. The molecule has 0 fully saturated rings. The molecule has 1 N–H and O–H groups in total. The smallest absolute Gasteiger partial charge is 0.0253 e. The summed E-state index contributed by atoms with van der Waals surface area (Å²) in [7, 11) is 0. The Morgan fingerprint density at radius 3 is 2.86 bits per heavy atom. The van der Waals surface area contributed by atoms with Crippen LogP contribution in [0.5, 0.6) is 0 Å². The lowest BCUT2D eigenvalue weighted by Crippen LogP contribution is -2.11. The Morgan fingerprint density at radius 2 is 2.29 bits per heavy atom. The van der Waals surface area contributed by atoms with Crippen LogP contribution in [0.4, 0.5) is 0 Å². The van der Waals surface area contributed by atoms with E-state index in [0.29, 0.717) is 0 Å². The maximum Gasteiger partial charge on any atom is 0.0253 e. The largest absolute Gasteiger partial charge is 0.362 e. The highest BCUT2D eigenvalue weighted by Crippen LogP contribution is 2.34. The van der Waals surface area contributed by atoms with Crippen molar-refractivity contribution in [1.82, 2.24) is 5.32 Å². The van der Waals surface area contributed by atoms with Crippen molar-refractivity contribution in [2.75, 3.05) is 5.75 Å². The van der Waals surface area contributed by atoms with E-state index in [1.165, 1.54) is 24.3 Å². The molecule has 0 bridgehead atoms. The normalized spacial score (nSPS) is 16.6. The zero-order chi connectivity index (χ0) is 10.6. The van der Waals surface area contributed by atoms with Crippen LogP contribution in [0.15, 0.2) is 22.9 Å². The van der Waals surface area contributed by atoms with Crippen LogP contribution in [0.1, 0.15) is 40.0 Å². The van der Waals surface area contributed by atoms with Crippen molar-refractivity contribution in [1.29, 1.82) is 0 Å². The SMILES string of the molecule is C=C(CC)NC1=C(CC(C)C)SCC1. The Morgan fingerprint density at radius 1 is 1.57 bits per heavy atom. The first-order valence-electron chi connectivity index (χ1n) is 5.43. The van der Waals surface area contributed by atoms with E-state index in [9.17, 15) is 0 Å². The molecule has 0 unspecified atom stereocenters.